The molecule has 3 nitrogen and oxygen atoms in total. The molecule has 100 valence electrons. The Morgan fingerprint density at radius 2 is 1.85 bits per heavy atom. The summed E-state index contributed by atoms with van der Waals surface area (Å²) in [5.41, 5.74) is 4.33. The molecular weight excluding hydrogens is 266 g/mol. The monoisotopic (exact) mass is 281 g/mol. The van der Waals surface area contributed by atoms with Gasteiger partial charge in [-0.25, -0.2) is 15.0 Å². The first-order chi connectivity index (χ1) is 9.63. The Kier molecular flexibility index (Phi) is 3.32. The number of thiazole rings is 1. The van der Waals surface area contributed by atoms with Gasteiger partial charge in [-0.15, -0.1) is 11.3 Å². The highest BCUT2D eigenvalue weighted by atomic mass is 32.1. The molecule has 0 aliphatic heterocycles. The van der Waals surface area contributed by atoms with Gasteiger partial charge in [0.25, 0.3) is 0 Å². The standard InChI is InChI=1S/C16H15N3S/c1-10-5-4-6-13(9-10)15-16(20-12(3)19-15)14-7-8-17-11(2)18-14/h4-9H,1-3H3. The number of benzene rings is 1. The molecule has 0 bridgehead atoms. The van der Waals surface area contributed by atoms with Gasteiger partial charge >= 0.3 is 0 Å². The highest BCUT2D eigenvalue weighted by molar-refractivity contribution is 7.15. The topological polar surface area (TPSA) is 38.7 Å². The lowest BCUT2D eigenvalue weighted by molar-refractivity contribution is 1.06. The fourth-order valence-electron chi connectivity index (χ4n) is 2.17. The van der Waals surface area contributed by atoms with E-state index in [2.05, 4.69) is 46.1 Å². The Bertz CT molecular complexity index is 699. The third-order valence-corrected chi connectivity index (χ3v) is 4.03. The Balaban J connectivity index is 2.18. The summed E-state index contributed by atoms with van der Waals surface area (Å²) in [5, 5.41) is 1.05. The molecule has 2 heterocycles. The predicted molar refractivity (Wildman–Crippen MR) is 82.8 cm³/mol. The first-order valence-corrected chi connectivity index (χ1v) is 7.29. The Labute approximate surface area is 122 Å². The van der Waals surface area contributed by atoms with Crippen molar-refractivity contribution < 1.29 is 0 Å². The maximum atomic E-state index is 4.69. The highest BCUT2D eigenvalue weighted by Crippen LogP contribution is 2.35. The molecule has 20 heavy (non-hydrogen) atoms. The second-order valence-electron chi connectivity index (χ2n) is 4.77. The van der Waals surface area contributed by atoms with Crippen molar-refractivity contribution in [3.05, 3.63) is 52.9 Å². The summed E-state index contributed by atoms with van der Waals surface area (Å²) >= 11 is 1.68. The largest absolute Gasteiger partial charge is 0.242 e. The maximum Gasteiger partial charge on any atom is 0.125 e. The van der Waals surface area contributed by atoms with Gasteiger partial charge in [0, 0.05) is 11.8 Å². The van der Waals surface area contributed by atoms with E-state index in [1.54, 1.807) is 17.5 Å². The van der Waals surface area contributed by atoms with E-state index in [0.29, 0.717) is 0 Å². The zero-order chi connectivity index (χ0) is 14.1. The Morgan fingerprint density at radius 3 is 2.60 bits per heavy atom. The van der Waals surface area contributed by atoms with Gasteiger partial charge in [0.2, 0.25) is 0 Å². The summed E-state index contributed by atoms with van der Waals surface area (Å²) in [7, 11) is 0. The van der Waals surface area contributed by atoms with Crippen molar-refractivity contribution in [2.75, 3.05) is 0 Å². The van der Waals surface area contributed by atoms with Crippen LogP contribution in [0.2, 0.25) is 0 Å². The van der Waals surface area contributed by atoms with E-state index in [9.17, 15) is 0 Å². The fourth-order valence-corrected chi connectivity index (χ4v) is 3.08. The van der Waals surface area contributed by atoms with Crippen LogP contribution in [0.5, 0.6) is 0 Å². The van der Waals surface area contributed by atoms with Gasteiger partial charge in [-0.1, -0.05) is 23.8 Å². The van der Waals surface area contributed by atoms with Crippen LogP contribution < -0.4 is 0 Å². The third-order valence-electron chi connectivity index (χ3n) is 3.03. The van der Waals surface area contributed by atoms with Crippen molar-refractivity contribution in [3.63, 3.8) is 0 Å². The summed E-state index contributed by atoms with van der Waals surface area (Å²) in [4.78, 5) is 14.5. The highest BCUT2D eigenvalue weighted by Gasteiger charge is 2.14. The molecule has 0 aliphatic rings. The van der Waals surface area contributed by atoms with Crippen LogP contribution in [0.4, 0.5) is 0 Å². The van der Waals surface area contributed by atoms with Crippen molar-refractivity contribution in [2.24, 2.45) is 0 Å². The average Bonchev–Trinajstić information content (AvgIpc) is 2.81. The molecule has 0 aliphatic carbocycles. The van der Waals surface area contributed by atoms with Crippen molar-refractivity contribution in [3.8, 4) is 21.8 Å². The van der Waals surface area contributed by atoms with Gasteiger partial charge in [0.05, 0.1) is 21.3 Å². The summed E-state index contributed by atoms with van der Waals surface area (Å²) in [5.74, 6) is 0.781. The molecule has 0 saturated heterocycles. The van der Waals surface area contributed by atoms with Gasteiger partial charge in [-0.3, -0.25) is 0 Å². The zero-order valence-electron chi connectivity index (χ0n) is 11.7. The minimum atomic E-state index is 0.781. The van der Waals surface area contributed by atoms with Crippen molar-refractivity contribution in [2.45, 2.75) is 20.8 Å². The molecule has 3 rings (SSSR count). The summed E-state index contributed by atoms with van der Waals surface area (Å²) in [6.45, 7) is 6.03. The van der Waals surface area contributed by atoms with Crippen LogP contribution in [-0.4, -0.2) is 15.0 Å². The number of hydrogen-bond acceptors (Lipinski definition) is 4. The minimum Gasteiger partial charge on any atom is -0.242 e. The van der Waals surface area contributed by atoms with E-state index in [0.717, 1.165) is 32.7 Å². The molecule has 4 heteroatoms. The van der Waals surface area contributed by atoms with Gasteiger partial charge < -0.3 is 0 Å². The van der Waals surface area contributed by atoms with E-state index in [1.807, 2.05) is 19.9 Å². The number of nitrogens with zero attached hydrogens (tertiary/aromatic N) is 3. The molecule has 1 aromatic carbocycles. The predicted octanol–water partition coefficient (Wildman–Crippen LogP) is 4.19. The van der Waals surface area contributed by atoms with E-state index in [1.165, 1.54) is 5.56 Å². The molecule has 0 N–H and O–H groups in total. The normalized spacial score (nSPS) is 10.8. The lowest BCUT2D eigenvalue weighted by atomic mass is 10.1. The van der Waals surface area contributed by atoms with Crippen LogP contribution in [-0.2, 0) is 0 Å². The van der Waals surface area contributed by atoms with Crippen molar-refractivity contribution in [1.82, 2.24) is 15.0 Å². The molecule has 0 radical (unpaired) electrons. The molecule has 0 amide bonds. The van der Waals surface area contributed by atoms with Gasteiger partial charge in [0.1, 0.15) is 5.82 Å². The fraction of sp³-hybridized carbons (Fsp3) is 0.188. The number of aryl methyl sites for hydroxylation is 3. The first kappa shape index (κ1) is 12.9. The smallest absolute Gasteiger partial charge is 0.125 e. The molecule has 0 fully saturated rings. The minimum absolute atomic E-state index is 0.781. The van der Waals surface area contributed by atoms with Gasteiger partial charge in [0.15, 0.2) is 0 Å². The van der Waals surface area contributed by atoms with Crippen LogP contribution in [0.3, 0.4) is 0 Å². The maximum absolute atomic E-state index is 4.69. The molecule has 0 atom stereocenters. The molecule has 0 saturated carbocycles. The summed E-state index contributed by atoms with van der Waals surface area (Å²) in [6, 6.07) is 10.4. The molecule has 2 aromatic heterocycles. The lowest BCUT2D eigenvalue weighted by Crippen LogP contribution is -1.90. The van der Waals surface area contributed by atoms with Crippen LogP contribution in [0.25, 0.3) is 21.8 Å². The number of aromatic nitrogens is 3. The molecule has 0 spiro atoms. The van der Waals surface area contributed by atoms with Crippen LogP contribution >= 0.6 is 11.3 Å². The van der Waals surface area contributed by atoms with Crippen molar-refractivity contribution >= 4 is 11.3 Å². The summed E-state index contributed by atoms with van der Waals surface area (Å²) < 4.78 is 0. The molecular formula is C16H15N3S. The Morgan fingerprint density at radius 1 is 1.00 bits per heavy atom. The molecule has 3 aromatic rings. The van der Waals surface area contributed by atoms with E-state index in [4.69, 9.17) is 0 Å². The van der Waals surface area contributed by atoms with Crippen LogP contribution in [0.15, 0.2) is 36.5 Å². The number of rotatable bonds is 2. The Hall–Kier alpha value is -2.07. The average molecular weight is 281 g/mol. The zero-order valence-corrected chi connectivity index (χ0v) is 12.5. The molecule has 0 unspecified atom stereocenters. The lowest BCUT2D eigenvalue weighted by Gasteiger charge is -2.03. The quantitative estimate of drug-likeness (QED) is 0.707. The second kappa shape index (κ2) is 5.13. The van der Waals surface area contributed by atoms with E-state index < -0.39 is 0 Å². The third kappa shape index (κ3) is 2.47. The van der Waals surface area contributed by atoms with E-state index in [-0.39, 0.29) is 0 Å². The summed E-state index contributed by atoms with van der Waals surface area (Å²) in [6.07, 6.45) is 1.80. The van der Waals surface area contributed by atoms with Crippen LogP contribution in [0.1, 0.15) is 16.4 Å². The van der Waals surface area contributed by atoms with Gasteiger partial charge in [-0.2, -0.15) is 0 Å². The first-order valence-electron chi connectivity index (χ1n) is 6.48. The SMILES string of the molecule is Cc1cccc(-c2nc(C)sc2-c2ccnc(C)n2)c1. The van der Waals surface area contributed by atoms with Crippen LogP contribution in [0, 0.1) is 20.8 Å². The van der Waals surface area contributed by atoms with E-state index >= 15 is 0 Å². The van der Waals surface area contributed by atoms with Crippen molar-refractivity contribution in [1.29, 1.82) is 0 Å². The second-order valence-corrected chi connectivity index (χ2v) is 5.97. The van der Waals surface area contributed by atoms with Gasteiger partial charge in [-0.05, 0) is 32.9 Å². The number of hydrogen-bond donors (Lipinski definition) is 0.